The van der Waals surface area contributed by atoms with Crippen LogP contribution in [0.15, 0.2) is 18.2 Å². The molecule has 2 atom stereocenters. The average molecular weight is 467 g/mol. The first-order valence-corrected chi connectivity index (χ1v) is 11.6. The number of urea groups is 1. The van der Waals surface area contributed by atoms with Gasteiger partial charge in [-0.15, -0.1) is 0 Å². The van der Waals surface area contributed by atoms with Crippen LogP contribution in [0.25, 0.3) is 0 Å². The molecule has 1 aromatic carbocycles. The van der Waals surface area contributed by atoms with Gasteiger partial charge < -0.3 is 19.5 Å². The summed E-state index contributed by atoms with van der Waals surface area (Å²) in [5.74, 6) is 0.686. The Hall–Kier alpha value is -2.26. The van der Waals surface area contributed by atoms with E-state index in [1.165, 1.54) is 0 Å². The highest BCUT2D eigenvalue weighted by atomic mass is 19.3. The van der Waals surface area contributed by atoms with Crippen molar-refractivity contribution in [3.63, 3.8) is 0 Å². The molecule has 3 amide bonds. The standard InChI is InChI=1S/C24H32F2N2O5/c1-31-17-6-8-24(9-7-17)12-16-4-5-18(33-14-19-3-2-10-32-19)11-20(16)22(24)27-23(30)28(15-29)13-21(25)26/h4-5,11,15,17,19,21-22H,2-3,6-10,12-14H2,1H3,(H,27,30). The van der Waals surface area contributed by atoms with Gasteiger partial charge in [0.25, 0.3) is 6.43 Å². The molecule has 2 unspecified atom stereocenters. The number of carbonyl (C=O) groups is 2. The molecule has 4 rings (SSSR count). The fourth-order valence-electron chi connectivity index (χ4n) is 5.50. The van der Waals surface area contributed by atoms with Gasteiger partial charge in [0.2, 0.25) is 6.41 Å². The minimum absolute atomic E-state index is 0.0833. The zero-order valence-corrected chi connectivity index (χ0v) is 18.9. The molecule has 0 aromatic heterocycles. The lowest BCUT2D eigenvalue weighted by atomic mass is 9.68. The third-order valence-corrected chi connectivity index (χ3v) is 7.30. The number of alkyl halides is 2. The number of rotatable bonds is 8. The van der Waals surface area contributed by atoms with Gasteiger partial charge in [0, 0.05) is 13.7 Å². The Morgan fingerprint density at radius 1 is 1.33 bits per heavy atom. The molecule has 0 radical (unpaired) electrons. The Morgan fingerprint density at radius 2 is 2.12 bits per heavy atom. The van der Waals surface area contributed by atoms with Crippen molar-refractivity contribution in [2.75, 3.05) is 26.9 Å². The largest absolute Gasteiger partial charge is 0.491 e. The first kappa shape index (κ1) is 23.9. The average Bonchev–Trinajstić information content (AvgIpc) is 3.43. The van der Waals surface area contributed by atoms with Crippen molar-refractivity contribution in [1.82, 2.24) is 10.2 Å². The number of nitrogens with zero attached hydrogens (tertiary/aromatic N) is 1. The molecule has 1 heterocycles. The summed E-state index contributed by atoms with van der Waals surface area (Å²) in [6.07, 6.45) is 3.76. The lowest BCUT2D eigenvalue weighted by Gasteiger charge is -2.42. The molecule has 1 saturated carbocycles. The summed E-state index contributed by atoms with van der Waals surface area (Å²) in [5.41, 5.74) is 1.78. The number of hydrogen-bond donors (Lipinski definition) is 1. The van der Waals surface area contributed by atoms with E-state index in [-0.39, 0.29) is 24.0 Å². The minimum atomic E-state index is -2.79. The third kappa shape index (κ3) is 5.30. The van der Waals surface area contributed by atoms with Gasteiger partial charge in [-0.1, -0.05) is 6.07 Å². The third-order valence-electron chi connectivity index (χ3n) is 7.30. The maximum atomic E-state index is 12.9. The molecule has 182 valence electrons. The number of amides is 3. The number of fused-ring (bicyclic) bond motifs is 1. The van der Waals surface area contributed by atoms with Gasteiger partial charge in [-0.05, 0) is 73.6 Å². The van der Waals surface area contributed by atoms with Crippen LogP contribution >= 0.6 is 0 Å². The fourth-order valence-corrected chi connectivity index (χ4v) is 5.50. The van der Waals surface area contributed by atoms with Gasteiger partial charge >= 0.3 is 6.03 Å². The highest BCUT2D eigenvalue weighted by Crippen LogP contribution is 2.55. The van der Waals surface area contributed by atoms with E-state index < -0.39 is 25.0 Å². The molecular weight excluding hydrogens is 434 g/mol. The van der Waals surface area contributed by atoms with Crippen LogP contribution in [0.4, 0.5) is 13.6 Å². The van der Waals surface area contributed by atoms with Crippen molar-refractivity contribution in [3.8, 4) is 5.75 Å². The first-order chi connectivity index (χ1) is 15.9. The summed E-state index contributed by atoms with van der Waals surface area (Å²) in [4.78, 5) is 24.6. The Kier molecular flexibility index (Phi) is 7.48. The van der Waals surface area contributed by atoms with Gasteiger partial charge in [0.1, 0.15) is 12.4 Å². The Bertz CT molecular complexity index is 838. The van der Waals surface area contributed by atoms with E-state index in [9.17, 15) is 18.4 Å². The monoisotopic (exact) mass is 466 g/mol. The lowest BCUT2D eigenvalue weighted by molar-refractivity contribution is -0.117. The van der Waals surface area contributed by atoms with Gasteiger partial charge in [0.05, 0.1) is 24.8 Å². The van der Waals surface area contributed by atoms with E-state index in [0.717, 1.165) is 62.7 Å². The molecule has 2 aliphatic carbocycles. The molecule has 33 heavy (non-hydrogen) atoms. The van der Waals surface area contributed by atoms with Gasteiger partial charge in [0.15, 0.2) is 0 Å². The maximum absolute atomic E-state index is 12.9. The van der Waals surface area contributed by atoms with E-state index >= 15 is 0 Å². The summed E-state index contributed by atoms with van der Waals surface area (Å²) in [5, 5.41) is 2.91. The first-order valence-electron chi connectivity index (χ1n) is 11.6. The maximum Gasteiger partial charge on any atom is 0.324 e. The van der Waals surface area contributed by atoms with Crippen molar-refractivity contribution in [1.29, 1.82) is 0 Å². The molecule has 1 aliphatic heterocycles. The summed E-state index contributed by atoms with van der Waals surface area (Å²) < 4.78 is 42.9. The van der Waals surface area contributed by atoms with Crippen LogP contribution in [-0.4, -0.2) is 62.8 Å². The predicted octanol–water partition coefficient (Wildman–Crippen LogP) is 3.85. The van der Waals surface area contributed by atoms with Crippen LogP contribution in [0.3, 0.4) is 0 Å². The van der Waals surface area contributed by atoms with Crippen LogP contribution < -0.4 is 10.1 Å². The number of carbonyl (C=O) groups excluding carboxylic acids is 2. The van der Waals surface area contributed by atoms with Crippen molar-refractivity contribution < 1.29 is 32.6 Å². The van der Waals surface area contributed by atoms with Crippen molar-refractivity contribution in [3.05, 3.63) is 29.3 Å². The second-order valence-corrected chi connectivity index (χ2v) is 9.31. The van der Waals surface area contributed by atoms with E-state index in [1.807, 2.05) is 18.2 Å². The number of imide groups is 1. The van der Waals surface area contributed by atoms with Crippen LogP contribution in [0.1, 0.15) is 55.7 Å². The van der Waals surface area contributed by atoms with E-state index in [1.54, 1.807) is 7.11 Å². The summed E-state index contributed by atoms with van der Waals surface area (Å²) in [7, 11) is 1.70. The lowest BCUT2D eigenvalue weighted by Crippen LogP contribution is -2.48. The predicted molar refractivity (Wildman–Crippen MR) is 116 cm³/mol. The molecular formula is C24H32F2N2O5. The quantitative estimate of drug-likeness (QED) is 0.589. The van der Waals surface area contributed by atoms with Gasteiger partial charge in [-0.2, -0.15) is 0 Å². The van der Waals surface area contributed by atoms with Crippen LogP contribution in [0.2, 0.25) is 0 Å². The van der Waals surface area contributed by atoms with Crippen molar-refractivity contribution >= 4 is 12.4 Å². The number of ether oxygens (including phenoxy) is 3. The number of methoxy groups -OCH3 is 1. The van der Waals surface area contributed by atoms with E-state index in [0.29, 0.717) is 17.3 Å². The summed E-state index contributed by atoms with van der Waals surface area (Å²) >= 11 is 0. The number of hydrogen-bond acceptors (Lipinski definition) is 5. The van der Waals surface area contributed by atoms with E-state index in [2.05, 4.69) is 5.32 Å². The van der Waals surface area contributed by atoms with Gasteiger partial charge in [-0.25, -0.2) is 13.6 Å². The Labute approximate surface area is 192 Å². The summed E-state index contributed by atoms with van der Waals surface area (Å²) in [6, 6.07) is 4.69. The molecule has 1 spiro atoms. The highest BCUT2D eigenvalue weighted by molar-refractivity contribution is 5.85. The number of nitrogens with one attached hydrogen (secondary N) is 1. The molecule has 3 aliphatic rings. The minimum Gasteiger partial charge on any atom is -0.491 e. The SMILES string of the molecule is COC1CCC2(CC1)Cc1ccc(OCC3CCCO3)cc1C2NC(=O)N(C=O)CC(F)F. The smallest absolute Gasteiger partial charge is 0.324 e. The zero-order valence-electron chi connectivity index (χ0n) is 18.9. The van der Waals surface area contributed by atoms with Crippen LogP contribution in [0.5, 0.6) is 5.75 Å². The molecule has 7 nitrogen and oxygen atoms in total. The molecule has 2 fully saturated rings. The highest BCUT2D eigenvalue weighted by Gasteiger charge is 2.49. The Morgan fingerprint density at radius 3 is 2.76 bits per heavy atom. The molecule has 1 N–H and O–H groups in total. The second kappa shape index (κ2) is 10.3. The number of halogens is 2. The van der Waals surface area contributed by atoms with Crippen LogP contribution in [-0.2, 0) is 20.7 Å². The van der Waals surface area contributed by atoms with Gasteiger partial charge in [-0.3, -0.25) is 9.69 Å². The normalized spacial score (nSPS) is 28.7. The van der Waals surface area contributed by atoms with E-state index in [4.69, 9.17) is 14.2 Å². The number of benzene rings is 1. The zero-order chi connectivity index (χ0) is 23.4. The molecule has 9 heteroatoms. The van der Waals surface area contributed by atoms with Crippen molar-refractivity contribution in [2.45, 2.75) is 69.6 Å². The second-order valence-electron chi connectivity index (χ2n) is 9.31. The summed E-state index contributed by atoms with van der Waals surface area (Å²) in [6.45, 7) is 0.283. The molecule has 1 aromatic rings. The molecule has 1 saturated heterocycles. The molecule has 0 bridgehead atoms. The Balaban J connectivity index is 1.56. The van der Waals surface area contributed by atoms with Crippen LogP contribution in [0, 0.1) is 5.41 Å². The van der Waals surface area contributed by atoms with Crippen molar-refractivity contribution in [2.24, 2.45) is 5.41 Å². The topological polar surface area (TPSA) is 77.1 Å². The fraction of sp³-hybridized carbons (Fsp3) is 0.667.